The fourth-order valence-electron chi connectivity index (χ4n) is 4.28. The molecule has 7 nitrogen and oxygen atoms in total. The van der Waals surface area contributed by atoms with Crippen molar-refractivity contribution < 1.29 is 4.79 Å². The molecule has 32 heavy (non-hydrogen) atoms. The number of aromatic nitrogens is 4. The largest absolute Gasteiger partial charge is 0.348 e. The molecule has 1 aliphatic carbocycles. The summed E-state index contributed by atoms with van der Waals surface area (Å²) >= 11 is 0. The smallest absolute Gasteiger partial charge is 0.227 e. The van der Waals surface area contributed by atoms with Crippen LogP contribution >= 0.6 is 0 Å². The second-order valence-electron chi connectivity index (χ2n) is 8.30. The number of hydrogen-bond donors (Lipinski definition) is 2. The Morgan fingerprint density at radius 3 is 2.69 bits per heavy atom. The quantitative estimate of drug-likeness (QED) is 0.447. The fraction of sp³-hybridized carbons (Fsp3) is 0.280. The number of anilines is 2. The van der Waals surface area contributed by atoms with Crippen LogP contribution in [0.3, 0.4) is 0 Å². The van der Waals surface area contributed by atoms with Gasteiger partial charge in [0, 0.05) is 17.8 Å². The van der Waals surface area contributed by atoms with Gasteiger partial charge in [0.2, 0.25) is 11.9 Å². The van der Waals surface area contributed by atoms with Crippen LogP contribution in [-0.2, 0) is 4.79 Å². The molecule has 162 valence electrons. The van der Waals surface area contributed by atoms with Crippen LogP contribution < -0.4 is 10.6 Å². The first-order valence-electron chi connectivity index (χ1n) is 11.1. The standard InChI is InChI=1S/C25H26N6O/c1-17(18-7-3-2-4-8-18)28-25-26-14-13-23(30-25)31-16-27-21-15-20(11-12-22(21)31)29-24(32)19-9-5-6-10-19/h2-4,7-8,11-17,19H,5-6,9-10H2,1H3,(H,29,32)(H,26,28,30). The van der Waals surface area contributed by atoms with Crippen molar-refractivity contribution >= 4 is 28.6 Å². The zero-order valence-corrected chi connectivity index (χ0v) is 18.0. The molecule has 0 radical (unpaired) electrons. The molecule has 1 fully saturated rings. The van der Waals surface area contributed by atoms with Crippen molar-refractivity contribution in [1.29, 1.82) is 0 Å². The van der Waals surface area contributed by atoms with E-state index >= 15 is 0 Å². The number of benzene rings is 2. The van der Waals surface area contributed by atoms with Gasteiger partial charge in [-0.15, -0.1) is 0 Å². The van der Waals surface area contributed by atoms with E-state index in [2.05, 4.69) is 44.6 Å². The maximum Gasteiger partial charge on any atom is 0.227 e. The Balaban J connectivity index is 1.35. The number of amides is 1. The van der Waals surface area contributed by atoms with Crippen LogP contribution in [0, 0.1) is 5.92 Å². The van der Waals surface area contributed by atoms with Gasteiger partial charge in [-0.3, -0.25) is 9.36 Å². The van der Waals surface area contributed by atoms with E-state index in [0.717, 1.165) is 48.2 Å². The second-order valence-corrected chi connectivity index (χ2v) is 8.30. The van der Waals surface area contributed by atoms with Gasteiger partial charge in [0.15, 0.2) is 0 Å². The van der Waals surface area contributed by atoms with Crippen LogP contribution in [0.25, 0.3) is 16.9 Å². The molecule has 0 spiro atoms. The van der Waals surface area contributed by atoms with Crippen molar-refractivity contribution in [3.63, 3.8) is 0 Å². The molecular weight excluding hydrogens is 400 g/mol. The Labute approximate surface area is 186 Å². The van der Waals surface area contributed by atoms with Gasteiger partial charge in [-0.2, -0.15) is 4.98 Å². The van der Waals surface area contributed by atoms with E-state index in [1.54, 1.807) is 12.5 Å². The summed E-state index contributed by atoms with van der Waals surface area (Å²) in [6, 6.07) is 17.9. The number of carbonyl (C=O) groups excluding carboxylic acids is 1. The van der Waals surface area contributed by atoms with Crippen LogP contribution in [0.4, 0.5) is 11.6 Å². The molecule has 4 aromatic rings. The van der Waals surface area contributed by atoms with Crippen molar-refractivity contribution in [3.05, 3.63) is 72.7 Å². The molecule has 1 atom stereocenters. The lowest BCUT2D eigenvalue weighted by Gasteiger charge is -2.14. The minimum Gasteiger partial charge on any atom is -0.348 e. The Morgan fingerprint density at radius 1 is 1.06 bits per heavy atom. The van der Waals surface area contributed by atoms with Crippen molar-refractivity contribution in [3.8, 4) is 5.82 Å². The Hall–Kier alpha value is -3.74. The molecule has 2 heterocycles. The van der Waals surface area contributed by atoms with E-state index in [9.17, 15) is 4.79 Å². The molecule has 2 aromatic heterocycles. The first-order chi connectivity index (χ1) is 15.7. The lowest BCUT2D eigenvalue weighted by Crippen LogP contribution is -2.20. The summed E-state index contributed by atoms with van der Waals surface area (Å²) in [6.45, 7) is 2.08. The first kappa shape index (κ1) is 20.2. The zero-order valence-electron chi connectivity index (χ0n) is 18.0. The van der Waals surface area contributed by atoms with Crippen molar-refractivity contribution in [2.24, 2.45) is 5.92 Å². The van der Waals surface area contributed by atoms with E-state index in [1.807, 2.05) is 47.0 Å². The van der Waals surface area contributed by atoms with Crippen LogP contribution in [0.2, 0.25) is 0 Å². The highest BCUT2D eigenvalue weighted by atomic mass is 16.1. The summed E-state index contributed by atoms with van der Waals surface area (Å²) in [5.74, 6) is 1.53. The molecule has 1 unspecified atom stereocenters. The van der Waals surface area contributed by atoms with Gasteiger partial charge in [-0.1, -0.05) is 43.2 Å². The third kappa shape index (κ3) is 4.19. The summed E-state index contributed by atoms with van der Waals surface area (Å²) in [5.41, 5.74) is 3.67. The summed E-state index contributed by atoms with van der Waals surface area (Å²) in [5, 5.41) is 6.41. The van der Waals surface area contributed by atoms with E-state index < -0.39 is 0 Å². The Kier molecular flexibility index (Phi) is 5.54. The molecule has 1 amide bonds. The predicted octanol–water partition coefficient (Wildman–Crippen LogP) is 5.12. The van der Waals surface area contributed by atoms with Gasteiger partial charge in [-0.25, -0.2) is 9.97 Å². The number of carbonyl (C=O) groups is 1. The molecule has 5 rings (SSSR count). The van der Waals surface area contributed by atoms with Gasteiger partial charge < -0.3 is 10.6 Å². The molecule has 1 aliphatic rings. The van der Waals surface area contributed by atoms with Gasteiger partial charge in [0.25, 0.3) is 0 Å². The number of nitrogens with one attached hydrogen (secondary N) is 2. The Bertz CT molecular complexity index is 1230. The molecule has 1 saturated carbocycles. The van der Waals surface area contributed by atoms with Gasteiger partial charge in [0.1, 0.15) is 12.1 Å². The van der Waals surface area contributed by atoms with Crippen molar-refractivity contribution in [1.82, 2.24) is 19.5 Å². The second kappa shape index (κ2) is 8.78. The zero-order chi connectivity index (χ0) is 21.9. The monoisotopic (exact) mass is 426 g/mol. The van der Waals surface area contributed by atoms with Crippen molar-refractivity contribution in [2.75, 3.05) is 10.6 Å². The average Bonchev–Trinajstić information content (AvgIpc) is 3.50. The van der Waals surface area contributed by atoms with Gasteiger partial charge in [-0.05, 0) is 49.6 Å². The van der Waals surface area contributed by atoms with E-state index in [1.165, 1.54) is 5.56 Å². The van der Waals surface area contributed by atoms with Crippen LogP contribution in [0.1, 0.15) is 44.2 Å². The number of imidazole rings is 1. The molecule has 0 bridgehead atoms. The third-order valence-corrected chi connectivity index (χ3v) is 6.07. The van der Waals surface area contributed by atoms with Crippen LogP contribution in [0.15, 0.2) is 67.1 Å². The lowest BCUT2D eigenvalue weighted by atomic mass is 10.1. The average molecular weight is 427 g/mol. The van der Waals surface area contributed by atoms with Gasteiger partial charge >= 0.3 is 0 Å². The van der Waals surface area contributed by atoms with E-state index in [0.29, 0.717) is 5.95 Å². The summed E-state index contributed by atoms with van der Waals surface area (Å²) in [4.78, 5) is 26.0. The number of nitrogens with zero attached hydrogens (tertiary/aromatic N) is 4. The van der Waals surface area contributed by atoms with Gasteiger partial charge in [0.05, 0.1) is 17.1 Å². The SMILES string of the molecule is CC(Nc1nccc(-n2cnc3cc(NC(=O)C4CCCC4)ccc32)n1)c1ccccc1. The number of rotatable bonds is 6. The predicted molar refractivity (Wildman–Crippen MR) is 126 cm³/mol. The highest BCUT2D eigenvalue weighted by Crippen LogP contribution is 2.27. The Morgan fingerprint density at radius 2 is 1.88 bits per heavy atom. The fourth-order valence-corrected chi connectivity index (χ4v) is 4.28. The van der Waals surface area contributed by atoms with Crippen LogP contribution in [-0.4, -0.2) is 25.4 Å². The molecule has 0 saturated heterocycles. The summed E-state index contributed by atoms with van der Waals surface area (Å²) in [6.07, 6.45) is 7.73. The normalized spacial score (nSPS) is 15.0. The molecular formula is C25H26N6O. The molecule has 2 aromatic carbocycles. The molecule has 2 N–H and O–H groups in total. The first-order valence-corrected chi connectivity index (χ1v) is 11.1. The number of fused-ring (bicyclic) bond motifs is 1. The molecule has 7 heteroatoms. The minimum absolute atomic E-state index is 0.0806. The summed E-state index contributed by atoms with van der Waals surface area (Å²) in [7, 11) is 0. The van der Waals surface area contributed by atoms with Crippen molar-refractivity contribution in [2.45, 2.75) is 38.6 Å². The lowest BCUT2D eigenvalue weighted by molar-refractivity contribution is -0.119. The number of hydrogen-bond acceptors (Lipinski definition) is 5. The third-order valence-electron chi connectivity index (χ3n) is 6.07. The summed E-state index contributed by atoms with van der Waals surface area (Å²) < 4.78 is 1.93. The topological polar surface area (TPSA) is 84.7 Å². The van der Waals surface area contributed by atoms with Crippen LogP contribution in [0.5, 0.6) is 0 Å². The minimum atomic E-state index is 0.0806. The maximum absolute atomic E-state index is 12.4. The van der Waals surface area contributed by atoms with E-state index in [-0.39, 0.29) is 17.9 Å². The maximum atomic E-state index is 12.4. The van der Waals surface area contributed by atoms with E-state index in [4.69, 9.17) is 0 Å². The highest BCUT2D eigenvalue weighted by Gasteiger charge is 2.22. The molecule has 0 aliphatic heterocycles. The highest BCUT2D eigenvalue weighted by molar-refractivity contribution is 5.94.